The average Bonchev–Trinajstić information content (AvgIpc) is 3.20. The quantitative estimate of drug-likeness (QED) is 0.592. The summed E-state index contributed by atoms with van der Waals surface area (Å²) in [5.41, 5.74) is -0.667. The van der Waals surface area contributed by atoms with E-state index in [1.54, 1.807) is 12.1 Å². The Hall–Kier alpha value is -2.78. The summed E-state index contributed by atoms with van der Waals surface area (Å²) in [6.07, 6.45) is 0.00253. The zero-order chi connectivity index (χ0) is 21.7. The number of hydrogen-bond donors (Lipinski definition) is 1. The number of hydrogen-bond acceptors (Lipinski definition) is 5. The molecule has 1 aliphatic rings. The van der Waals surface area contributed by atoms with Crippen molar-refractivity contribution < 1.29 is 37.3 Å². The molecule has 160 valence electrons. The molecule has 1 atom stereocenters. The molecule has 0 saturated carbocycles. The van der Waals surface area contributed by atoms with E-state index in [1.165, 1.54) is 12.1 Å². The number of alkyl halides is 3. The second kappa shape index (κ2) is 9.36. The van der Waals surface area contributed by atoms with Gasteiger partial charge in [0.15, 0.2) is 0 Å². The van der Waals surface area contributed by atoms with Crippen LogP contribution in [-0.2, 0) is 15.7 Å². The van der Waals surface area contributed by atoms with E-state index in [2.05, 4.69) is 4.98 Å². The first-order chi connectivity index (χ1) is 14.2. The van der Waals surface area contributed by atoms with Gasteiger partial charge in [-0.05, 0) is 37.1 Å². The molecule has 0 aliphatic carbocycles. The molecule has 3 rings (SSSR count). The zero-order valence-corrected chi connectivity index (χ0v) is 16.2. The van der Waals surface area contributed by atoms with Crippen molar-refractivity contribution in [3.8, 4) is 17.4 Å². The Morgan fingerprint density at radius 3 is 2.80 bits per heavy atom. The van der Waals surface area contributed by atoms with Gasteiger partial charge in [-0.15, -0.1) is 0 Å². The highest BCUT2D eigenvalue weighted by Gasteiger charge is 2.32. The Morgan fingerprint density at radius 2 is 2.17 bits per heavy atom. The number of carboxylic acid groups (broad SMARTS) is 1. The molecule has 0 bridgehead atoms. The molecule has 0 amide bonds. The van der Waals surface area contributed by atoms with Crippen LogP contribution in [0.2, 0.25) is 5.02 Å². The van der Waals surface area contributed by atoms with Crippen LogP contribution in [0.4, 0.5) is 13.2 Å². The van der Waals surface area contributed by atoms with E-state index in [1.807, 2.05) is 0 Å². The van der Waals surface area contributed by atoms with Crippen LogP contribution in [0.5, 0.6) is 17.4 Å². The van der Waals surface area contributed by atoms with Crippen LogP contribution in [0.1, 0.15) is 24.0 Å². The molecule has 1 saturated heterocycles. The Morgan fingerprint density at radius 1 is 1.37 bits per heavy atom. The second-order valence-corrected chi connectivity index (χ2v) is 6.84. The predicted molar refractivity (Wildman–Crippen MR) is 102 cm³/mol. The fourth-order valence-electron chi connectivity index (χ4n) is 2.72. The maximum absolute atomic E-state index is 12.8. The Balaban J connectivity index is 1.85. The standard InChI is InChI=1S/C20H17ClF3NO5/c21-16-8-13(20(22,23)24)10-25-19(16)30-17-9-14(29-11-15-2-1-7-28-15)5-3-12(17)4-6-18(26)27/h3-6,8-10,15H,1-2,7,11H2,(H,26,27). The van der Waals surface area contributed by atoms with Crippen molar-refractivity contribution >= 4 is 23.6 Å². The molecule has 6 nitrogen and oxygen atoms in total. The third-order valence-corrected chi connectivity index (χ3v) is 4.46. The lowest BCUT2D eigenvalue weighted by Crippen LogP contribution is -2.16. The van der Waals surface area contributed by atoms with Crippen LogP contribution < -0.4 is 9.47 Å². The van der Waals surface area contributed by atoms with E-state index in [0.29, 0.717) is 36.8 Å². The van der Waals surface area contributed by atoms with Crippen molar-refractivity contribution in [2.45, 2.75) is 25.1 Å². The van der Waals surface area contributed by atoms with Gasteiger partial charge < -0.3 is 19.3 Å². The first-order valence-corrected chi connectivity index (χ1v) is 9.30. The molecule has 1 aromatic carbocycles. The summed E-state index contributed by atoms with van der Waals surface area (Å²) in [7, 11) is 0. The van der Waals surface area contributed by atoms with E-state index in [4.69, 9.17) is 30.9 Å². The summed E-state index contributed by atoms with van der Waals surface area (Å²) in [5.74, 6) is -0.904. The van der Waals surface area contributed by atoms with Gasteiger partial charge in [0.25, 0.3) is 0 Å². The SMILES string of the molecule is O=C(O)C=Cc1ccc(OCC2CCCO2)cc1Oc1ncc(C(F)(F)F)cc1Cl. The first kappa shape index (κ1) is 21.9. The number of nitrogens with zero attached hydrogens (tertiary/aromatic N) is 1. The minimum absolute atomic E-state index is 0.0213. The van der Waals surface area contributed by atoms with Crippen LogP contribution in [-0.4, -0.2) is 35.4 Å². The number of rotatable bonds is 7. The highest BCUT2D eigenvalue weighted by molar-refractivity contribution is 6.31. The fraction of sp³-hybridized carbons (Fsp3) is 0.300. The number of halogens is 4. The summed E-state index contributed by atoms with van der Waals surface area (Å²) < 4.78 is 55.2. The lowest BCUT2D eigenvalue weighted by Gasteiger charge is -2.15. The molecule has 1 unspecified atom stereocenters. The van der Waals surface area contributed by atoms with Crippen LogP contribution in [0.25, 0.3) is 6.08 Å². The minimum atomic E-state index is -4.60. The third-order valence-electron chi connectivity index (χ3n) is 4.19. The van der Waals surface area contributed by atoms with Crippen molar-refractivity contribution in [2.75, 3.05) is 13.2 Å². The third kappa shape index (κ3) is 5.87. The molecule has 10 heteroatoms. The molecule has 1 fully saturated rings. The summed E-state index contributed by atoms with van der Waals surface area (Å²) in [6, 6.07) is 5.35. The highest BCUT2D eigenvalue weighted by atomic mass is 35.5. The van der Waals surface area contributed by atoms with Crippen molar-refractivity contribution in [1.29, 1.82) is 0 Å². The fourth-order valence-corrected chi connectivity index (χ4v) is 2.92. The lowest BCUT2D eigenvalue weighted by atomic mass is 10.1. The Kier molecular flexibility index (Phi) is 6.84. The number of aromatic nitrogens is 1. The number of aliphatic carboxylic acids is 1. The van der Waals surface area contributed by atoms with Crippen LogP contribution in [0.15, 0.2) is 36.5 Å². The lowest BCUT2D eigenvalue weighted by molar-refractivity contribution is -0.138. The van der Waals surface area contributed by atoms with Gasteiger partial charge in [0.05, 0.1) is 11.7 Å². The van der Waals surface area contributed by atoms with E-state index in [0.717, 1.165) is 18.9 Å². The number of pyridine rings is 1. The van der Waals surface area contributed by atoms with Crippen molar-refractivity contribution in [3.05, 3.63) is 52.7 Å². The van der Waals surface area contributed by atoms with E-state index in [-0.39, 0.29) is 22.8 Å². The Labute approximate surface area is 174 Å². The van der Waals surface area contributed by atoms with Crippen LogP contribution in [0, 0.1) is 0 Å². The van der Waals surface area contributed by atoms with Crippen LogP contribution in [0.3, 0.4) is 0 Å². The van der Waals surface area contributed by atoms with Crippen molar-refractivity contribution in [3.63, 3.8) is 0 Å². The smallest absolute Gasteiger partial charge is 0.417 e. The maximum Gasteiger partial charge on any atom is 0.417 e. The molecule has 2 aromatic rings. The molecular weight excluding hydrogens is 427 g/mol. The van der Waals surface area contributed by atoms with Gasteiger partial charge in [-0.2, -0.15) is 13.2 Å². The van der Waals surface area contributed by atoms with Gasteiger partial charge in [-0.25, -0.2) is 9.78 Å². The van der Waals surface area contributed by atoms with E-state index < -0.39 is 17.7 Å². The predicted octanol–water partition coefficient (Wildman–Crippen LogP) is 5.20. The topological polar surface area (TPSA) is 77.9 Å². The average molecular weight is 444 g/mol. The summed E-state index contributed by atoms with van der Waals surface area (Å²) >= 11 is 5.90. The monoisotopic (exact) mass is 443 g/mol. The van der Waals surface area contributed by atoms with Gasteiger partial charge in [0, 0.05) is 30.5 Å². The highest BCUT2D eigenvalue weighted by Crippen LogP contribution is 2.36. The maximum atomic E-state index is 12.8. The molecule has 30 heavy (non-hydrogen) atoms. The van der Waals surface area contributed by atoms with Gasteiger partial charge in [-0.1, -0.05) is 11.6 Å². The second-order valence-electron chi connectivity index (χ2n) is 6.43. The Bertz CT molecular complexity index is 943. The number of benzene rings is 1. The van der Waals surface area contributed by atoms with Crippen molar-refractivity contribution in [2.24, 2.45) is 0 Å². The number of carbonyl (C=O) groups is 1. The minimum Gasteiger partial charge on any atom is -0.491 e. The molecule has 1 N–H and O–H groups in total. The normalized spacial score (nSPS) is 16.7. The number of carboxylic acids is 1. The van der Waals surface area contributed by atoms with Gasteiger partial charge in [-0.3, -0.25) is 0 Å². The molecule has 2 heterocycles. The van der Waals surface area contributed by atoms with Crippen molar-refractivity contribution in [1.82, 2.24) is 4.98 Å². The summed E-state index contributed by atoms with van der Waals surface area (Å²) in [6.45, 7) is 1.00. The van der Waals surface area contributed by atoms with Gasteiger partial charge in [0.2, 0.25) is 5.88 Å². The largest absolute Gasteiger partial charge is 0.491 e. The first-order valence-electron chi connectivity index (χ1n) is 8.92. The zero-order valence-electron chi connectivity index (χ0n) is 15.5. The van der Waals surface area contributed by atoms with E-state index in [9.17, 15) is 18.0 Å². The van der Waals surface area contributed by atoms with Gasteiger partial charge in [0.1, 0.15) is 23.1 Å². The molecule has 0 radical (unpaired) electrons. The molecule has 1 aliphatic heterocycles. The molecular formula is C20H17ClF3NO5. The molecule has 1 aromatic heterocycles. The van der Waals surface area contributed by atoms with Gasteiger partial charge >= 0.3 is 12.1 Å². The van der Waals surface area contributed by atoms with E-state index >= 15 is 0 Å². The summed E-state index contributed by atoms with van der Waals surface area (Å²) in [5, 5.41) is 8.52. The molecule has 0 spiro atoms. The number of ether oxygens (including phenoxy) is 3. The summed E-state index contributed by atoms with van der Waals surface area (Å²) in [4.78, 5) is 14.5. The van der Waals surface area contributed by atoms with Crippen LogP contribution >= 0.6 is 11.6 Å².